The van der Waals surface area contributed by atoms with Crippen LogP contribution in [0.1, 0.15) is 59.3 Å². The van der Waals surface area contributed by atoms with Gasteiger partial charge in [0.15, 0.2) is 0 Å². The molecule has 1 aromatic rings. The van der Waals surface area contributed by atoms with Gasteiger partial charge in [-0.15, -0.1) is 0 Å². The summed E-state index contributed by atoms with van der Waals surface area (Å²) >= 11 is 6.32. The maximum Gasteiger partial charge on any atom is 0.250 e. The molecule has 0 aromatic heterocycles. The Balaban J connectivity index is 1.68. The number of likely N-dealkylation sites (tertiary alicyclic amines) is 1. The largest absolute Gasteiger partial charge is 0.396 e. The molecule has 2 bridgehead atoms. The van der Waals surface area contributed by atoms with Crippen LogP contribution in [0.5, 0.6) is 0 Å². The number of anilines is 1. The first-order valence-corrected chi connectivity index (χ1v) is 13.5. The molecule has 4 rings (SSSR count). The van der Waals surface area contributed by atoms with E-state index >= 15 is 0 Å². The zero-order valence-electron chi connectivity index (χ0n) is 21.4. The van der Waals surface area contributed by atoms with Gasteiger partial charge in [0.2, 0.25) is 17.7 Å². The van der Waals surface area contributed by atoms with Gasteiger partial charge in [-0.25, -0.2) is 0 Å². The lowest BCUT2D eigenvalue weighted by Crippen LogP contribution is -2.54. The molecule has 0 saturated carbocycles. The van der Waals surface area contributed by atoms with Gasteiger partial charge in [0.05, 0.1) is 28.1 Å². The SMILES string of the molecule is CCCNC(=O)[C@H]1[C@H]2C(=O)N(CCCCCCO)C(C(=O)Nc3ccccc3Cl)C23CC(C)[C@]1(C)O3. The first-order valence-electron chi connectivity index (χ1n) is 13.2. The van der Waals surface area contributed by atoms with Gasteiger partial charge < -0.3 is 25.4 Å². The van der Waals surface area contributed by atoms with Crippen molar-refractivity contribution in [3.05, 3.63) is 29.3 Å². The number of amides is 3. The maximum absolute atomic E-state index is 14.0. The van der Waals surface area contributed by atoms with Crippen LogP contribution in [0.4, 0.5) is 5.69 Å². The molecule has 6 atom stereocenters. The summed E-state index contributed by atoms with van der Waals surface area (Å²) in [7, 11) is 0. The lowest BCUT2D eigenvalue weighted by atomic mass is 9.62. The second kappa shape index (κ2) is 10.7. The molecule has 36 heavy (non-hydrogen) atoms. The van der Waals surface area contributed by atoms with Gasteiger partial charge in [-0.3, -0.25) is 14.4 Å². The maximum atomic E-state index is 14.0. The van der Waals surface area contributed by atoms with Crippen molar-refractivity contribution in [1.82, 2.24) is 10.2 Å². The minimum atomic E-state index is -1.07. The molecule has 3 unspecified atom stereocenters. The number of benzene rings is 1. The Hall–Kier alpha value is -2.16. The van der Waals surface area contributed by atoms with Gasteiger partial charge >= 0.3 is 0 Å². The predicted molar refractivity (Wildman–Crippen MR) is 137 cm³/mol. The number of aliphatic hydroxyl groups is 1. The van der Waals surface area contributed by atoms with Crippen molar-refractivity contribution in [2.45, 2.75) is 76.5 Å². The second-order valence-corrected chi connectivity index (χ2v) is 11.0. The number of halogens is 1. The second-order valence-electron chi connectivity index (χ2n) is 10.6. The first-order chi connectivity index (χ1) is 17.2. The van der Waals surface area contributed by atoms with Gasteiger partial charge in [0, 0.05) is 19.7 Å². The van der Waals surface area contributed by atoms with Crippen LogP contribution in [0.3, 0.4) is 0 Å². The number of aliphatic hydroxyl groups excluding tert-OH is 1. The minimum absolute atomic E-state index is 0.000885. The van der Waals surface area contributed by atoms with Crippen molar-refractivity contribution in [3.8, 4) is 0 Å². The van der Waals surface area contributed by atoms with Crippen molar-refractivity contribution in [1.29, 1.82) is 0 Å². The lowest BCUT2D eigenvalue weighted by molar-refractivity contribution is -0.146. The van der Waals surface area contributed by atoms with Crippen molar-refractivity contribution < 1.29 is 24.2 Å². The highest BCUT2D eigenvalue weighted by Gasteiger charge is 2.79. The van der Waals surface area contributed by atoms with Gasteiger partial charge in [-0.05, 0) is 50.7 Å². The van der Waals surface area contributed by atoms with Crippen LogP contribution in [0.25, 0.3) is 0 Å². The number of nitrogens with one attached hydrogen (secondary N) is 2. The quantitative estimate of drug-likeness (QED) is 0.388. The fourth-order valence-electron chi connectivity index (χ4n) is 6.55. The summed E-state index contributed by atoms with van der Waals surface area (Å²) < 4.78 is 6.69. The highest BCUT2D eigenvalue weighted by atomic mass is 35.5. The smallest absolute Gasteiger partial charge is 0.250 e. The van der Waals surface area contributed by atoms with E-state index in [1.165, 1.54) is 0 Å². The molecule has 3 aliphatic heterocycles. The number of hydrogen-bond donors (Lipinski definition) is 3. The molecule has 3 heterocycles. The molecular formula is C27H38ClN3O5. The van der Waals surface area contributed by atoms with Crippen molar-refractivity contribution in [2.75, 3.05) is 25.0 Å². The molecule has 0 radical (unpaired) electrons. The Bertz CT molecular complexity index is 1010. The van der Waals surface area contributed by atoms with Crippen LogP contribution in [-0.2, 0) is 19.1 Å². The molecule has 1 spiro atoms. The topological polar surface area (TPSA) is 108 Å². The highest BCUT2D eigenvalue weighted by molar-refractivity contribution is 6.33. The van der Waals surface area contributed by atoms with E-state index in [2.05, 4.69) is 10.6 Å². The fourth-order valence-corrected chi connectivity index (χ4v) is 6.73. The van der Waals surface area contributed by atoms with E-state index in [0.717, 1.165) is 19.3 Å². The lowest BCUT2D eigenvalue weighted by Gasteiger charge is -2.36. The number of nitrogens with zero attached hydrogens (tertiary/aromatic N) is 1. The molecule has 3 saturated heterocycles. The minimum Gasteiger partial charge on any atom is -0.396 e. The van der Waals surface area contributed by atoms with Crippen LogP contribution in [0.2, 0.25) is 5.02 Å². The number of carbonyl (C=O) groups excluding carboxylic acids is 3. The molecule has 3 N–H and O–H groups in total. The summed E-state index contributed by atoms with van der Waals surface area (Å²) in [5.41, 5.74) is -1.42. The van der Waals surface area contributed by atoms with E-state index in [1.807, 2.05) is 20.8 Å². The molecule has 1 aromatic carbocycles. The molecule has 8 nitrogen and oxygen atoms in total. The van der Waals surface area contributed by atoms with E-state index in [4.69, 9.17) is 21.4 Å². The standard InChI is InChI=1S/C27H38ClN3O5/c1-4-13-29-23(33)20-21-25(35)31(14-9-5-6-10-15-32)22(27(21)16-17(2)26(20,3)36-27)24(34)30-19-12-8-7-11-18(19)28/h7-8,11-12,17,20-22,32H,4-6,9-10,13-16H2,1-3H3,(H,29,33)(H,30,34)/t17?,20-,21+,22?,26+,27?/m1/s1. The Morgan fingerprint density at radius 2 is 1.92 bits per heavy atom. The van der Waals surface area contributed by atoms with Crippen LogP contribution < -0.4 is 10.6 Å². The number of unbranched alkanes of at least 4 members (excludes halogenated alkanes) is 3. The monoisotopic (exact) mass is 519 g/mol. The van der Waals surface area contributed by atoms with E-state index in [0.29, 0.717) is 43.1 Å². The molecule has 198 valence electrons. The van der Waals surface area contributed by atoms with E-state index in [1.54, 1.807) is 29.2 Å². The third kappa shape index (κ3) is 4.41. The third-order valence-corrected chi connectivity index (χ3v) is 8.66. The van der Waals surface area contributed by atoms with Crippen molar-refractivity contribution in [3.63, 3.8) is 0 Å². The summed E-state index contributed by atoms with van der Waals surface area (Å²) in [6.07, 6.45) is 4.39. The van der Waals surface area contributed by atoms with Crippen LogP contribution >= 0.6 is 11.6 Å². The summed E-state index contributed by atoms with van der Waals surface area (Å²) in [4.78, 5) is 42.9. The van der Waals surface area contributed by atoms with E-state index < -0.39 is 29.1 Å². The number of fused-ring (bicyclic) bond motifs is 1. The average Bonchev–Trinajstić information content (AvgIpc) is 3.35. The number of carbonyl (C=O) groups is 3. The number of para-hydroxylation sites is 1. The fraction of sp³-hybridized carbons (Fsp3) is 0.667. The highest BCUT2D eigenvalue weighted by Crippen LogP contribution is 2.65. The van der Waals surface area contributed by atoms with Crippen molar-refractivity contribution in [2.24, 2.45) is 17.8 Å². The van der Waals surface area contributed by atoms with Crippen molar-refractivity contribution >= 4 is 35.0 Å². The summed E-state index contributed by atoms with van der Waals surface area (Å²) in [6.45, 7) is 6.99. The van der Waals surface area contributed by atoms with Gasteiger partial charge in [0.25, 0.3) is 0 Å². The van der Waals surface area contributed by atoms with Gasteiger partial charge in [0.1, 0.15) is 11.6 Å². The van der Waals surface area contributed by atoms with Gasteiger partial charge in [-0.1, -0.05) is 50.4 Å². The zero-order chi connectivity index (χ0) is 26.1. The summed E-state index contributed by atoms with van der Waals surface area (Å²) in [5, 5.41) is 15.4. The predicted octanol–water partition coefficient (Wildman–Crippen LogP) is 3.37. The molecule has 0 aliphatic carbocycles. The van der Waals surface area contributed by atoms with Crippen LogP contribution in [0, 0.1) is 17.8 Å². The Morgan fingerprint density at radius 1 is 1.19 bits per heavy atom. The van der Waals surface area contributed by atoms with Gasteiger partial charge in [-0.2, -0.15) is 0 Å². The molecular weight excluding hydrogens is 482 g/mol. The Labute approximate surface area is 218 Å². The zero-order valence-corrected chi connectivity index (χ0v) is 22.1. The summed E-state index contributed by atoms with van der Waals surface area (Å²) in [6, 6.07) is 6.14. The average molecular weight is 520 g/mol. The molecule has 3 fully saturated rings. The van der Waals surface area contributed by atoms with Crippen LogP contribution in [0.15, 0.2) is 24.3 Å². The number of rotatable bonds is 11. The normalized spacial score (nSPS) is 32.6. The first kappa shape index (κ1) is 26.9. The Morgan fingerprint density at radius 3 is 2.61 bits per heavy atom. The third-order valence-electron chi connectivity index (χ3n) is 8.33. The Kier molecular flexibility index (Phi) is 7.98. The summed E-state index contributed by atoms with van der Waals surface area (Å²) in [5.74, 6) is -2.09. The number of ether oxygens (including phenoxy) is 1. The van der Waals surface area contributed by atoms with E-state index in [-0.39, 0.29) is 30.2 Å². The molecule has 9 heteroatoms. The van der Waals surface area contributed by atoms with E-state index in [9.17, 15) is 14.4 Å². The molecule has 3 aliphatic rings. The van der Waals surface area contributed by atoms with Crippen LogP contribution in [-0.4, -0.2) is 64.7 Å². The molecule has 3 amide bonds. The number of hydrogen-bond acceptors (Lipinski definition) is 5.